The maximum Gasteiger partial charge on any atom is 0.433 e. The normalized spacial score (nSPS) is 20.2. The van der Waals surface area contributed by atoms with Gasteiger partial charge in [-0.25, -0.2) is 4.98 Å². The molecule has 1 aliphatic heterocycles. The number of hydrogen-bond donors (Lipinski definition) is 2. The lowest BCUT2D eigenvalue weighted by atomic mass is 9.54. The number of alkyl halides is 3. The topological polar surface area (TPSA) is 69.2 Å². The van der Waals surface area contributed by atoms with Crippen LogP contribution in [0, 0.1) is 11.3 Å². The van der Waals surface area contributed by atoms with Crippen molar-refractivity contribution in [3.05, 3.63) is 58.3 Å². The minimum atomic E-state index is -4.43. The highest BCUT2D eigenvalue weighted by Gasteiger charge is 2.54. The van der Waals surface area contributed by atoms with Gasteiger partial charge in [0.15, 0.2) is 5.43 Å². The molecule has 1 aliphatic carbocycles. The zero-order valence-electron chi connectivity index (χ0n) is 14.5. The van der Waals surface area contributed by atoms with Gasteiger partial charge in [-0.05, 0) is 30.9 Å². The van der Waals surface area contributed by atoms with E-state index in [9.17, 15) is 23.1 Å². The Morgan fingerprint density at radius 2 is 2.04 bits per heavy atom. The highest BCUT2D eigenvalue weighted by Crippen LogP contribution is 2.56. The van der Waals surface area contributed by atoms with Gasteiger partial charge < -0.3 is 15.0 Å². The fourth-order valence-corrected chi connectivity index (χ4v) is 4.50. The number of aliphatic hydroxyl groups excluding tert-OH is 1. The van der Waals surface area contributed by atoms with E-state index < -0.39 is 11.9 Å². The summed E-state index contributed by atoms with van der Waals surface area (Å²) in [7, 11) is 0. The standard InChI is InChI=1S/C19H20F3N3O2/c20-19(21,22)17-2-1-13(7-24-17)25-10-18(11-25)5-12(6-18)15(9-26)14-8-23-4-3-16(14)27/h1-4,7-8,12,15,26H,5-6,9-11H2,(H,23,27). The molecule has 1 spiro atoms. The molecule has 144 valence electrons. The van der Waals surface area contributed by atoms with Gasteiger partial charge in [-0.1, -0.05) is 0 Å². The molecular formula is C19H20F3N3O2. The smallest absolute Gasteiger partial charge is 0.396 e. The van der Waals surface area contributed by atoms with E-state index >= 15 is 0 Å². The predicted molar refractivity (Wildman–Crippen MR) is 93.5 cm³/mol. The number of aromatic nitrogens is 2. The number of aromatic amines is 1. The fraction of sp³-hybridized carbons (Fsp3) is 0.474. The largest absolute Gasteiger partial charge is 0.433 e. The van der Waals surface area contributed by atoms with Gasteiger partial charge in [0, 0.05) is 48.4 Å². The summed E-state index contributed by atoms with van der Waals surface area (Å²) >= 11 is 0. The van der Waals surface area contributed by atoms with Crippen molar-refractivity contribution in [1.82, 2.24) is 9.97 Å². The van der Waals surface area contributed by atoms with Crippen molar-refractivity contribution in [2.24, 2.45) is 11.3 Å². The summed E-state index contributed by atoms with van der Waals surface area (Å²) in [5.41, 5.74) is 0.477. The molecule has 8 heteroatoms. The SMILES string of the molecule is O=c1cc[nH]cc1C(CO)C1CC2(C1)CN(c1ccc(C(F)(F)F)nc1)C2. The highest BCUT2D eigenvalue weighted by molar-refractivity contribution is 5.49. The molecule has 0 bridgehead atoms. The molecule has 2 fully saturated rings. The lowest BCUT2D eigenvalue weighted by molar-refractivity contribution is -0.141. The first-order chi connectivity index (χ1) is 12.8. The first kappa shape index (κ1) is 18.0. The third-order valence-electron chi connectivity index (χ3n) is 5.87. The molecule has 2 aromatic rings. The van der Waals surface area contributed by atoms with Crippen molar-refractivity contribution < 1.29 is 18.3 Å². The van der Waals surface area contributed by atoms with E-state index in [1.165, 1.54) is 18.3 Å². The fourth-order valence-electron chi connectivity index (χ4n) is 4.50. The monoisotopic (exact) mass is 379 g/mol. The van der Waals surface area contributed by atoms with Crippen LogP contribution in [0.1, 0.15) is 30.0 Å². The summed E-state index contributed by atoms with van der Waals surface area (Å²) in [6.07, 6.45) is 1.88. The van der Waals surface area contributed by atoms with Crippen LogP contribution >= 0.6 is 0 Å². The zero-order chi connectivity index (χ0) is 19.2. The Balaban J connectivity index is 1.37. The maximum atomic E-state index is 12.6. The van der Waals surface area contributed by atoms with E-state index in [0.29, 0.717) is 11.3 Å². The summed E-state index contributed by atoms with van der Waals surface area (Å²) in [5.74, 6) is 0.0636. The summed E-state index contributed by atoms with van der Waals surface area (Å²) in [5, 5.41) is 9.76. The molecule has 1 unspecified atom stereocenters. The van der Waals surface area contributed by atoms with Crippen molar-refractivity contribution in [2.45, 2.75) is 24.9 Å². The summed E-state index contributed by atoms with van der Waals surface area (Å²) in [6, 6.07) is 3.93. The molecule has 0 amide bonds. The Bertz CT molecular complexity index is 865. The van der Waals surface area contributed by atoms with Crippen LogP contribution in [0.3, 0.4) is 0 Å². The Labute approximate surface area is 153 Å². The van der Waals surface area contributed by atoms with Crippen LogP contribution < -0.4 is 10.3 Å². The number of pyridine rings is 2. The van der Waals surface area contributed by atoms with Crippen molar-refractivity contribution in [1.29, 1.82) is 0 Å². The van der Waals surface area contributed by atoms with Crippen LogP contribution in [-0.2, 0) is 6.18 Å². The molecule has 1 saturated carbocycles. The van der Waals surface area contributed by atoms with E-state index in [-0.39, 0.29) is 29.3 Å². The second-order valence-electron chi connectivity index (χ2n) is 7.68. The first-order valence-electron chi connectivity index (χ1n) is 8.87. The second-order valence-corrected chi connectivity index (χ2v) is 7.68. The number of hydrogen-bond acceptors (Lipinski definition) is 4. The zero-order valence-corrected chi connectivity index (χ0v) is 14.5. The van der Waals surface area contributed by atoms with Crippen LogP contribution in [0.25, 0.3) is 0 Å². The molecule has 4 rings (SSSR count). The van der Waals surface area contributed by atoms with Crippen LogP contribution in [0.15, 0.2) is 41.6 Å². The summed E-state index contributed by atoms with van der Waals surface area (Å²) in [4.78, 5) is 20.5. The van der Waals surface area contributed by atoms with Crippen LogP contribution in [0.2, 0.25) is 0 Å². The van der Waals surface area contributed by atoms with Crippen molar-refractivity contribution >= 4 is 5.69 Å². The lowest BCUT2D eigenvalue weighted by Crippen LogP contribution is -2.63. The molecular weight excluding hydrogens is 359 g/mol. The summed E-state index contributed by atoms with van der Waals surface area (Å²) < 4.78 is 37.8. The molecule has 27 heavy (non-hydrogen) atoms. The number of aliphatic hydroxyl groups is 1. The Morgan fingerprint density at radius 3 is 2.59 bits per heavy atom. The molecule has 1 saturated heterocycles. The summed E-state index contributed by atoms with van der Waals surface area (Å²) in [6.45, 7) is 1.46. The van der Waals surface area contributed by atoms with Crippen LogP contribution in [0.5, 0.6) is 0 Å². The van der Waals surface area contributed by atoms with Crippen LogP contribution in [0.4, 0.5) is 18.9 Å². The van der Waals surface area contributed by atoms with Gasteiger partial charge >= 0.3 is 6.18 Å². The lowest BCUT2D eigenvalue weighted by Gasteiger charge is -2.61. The third kappa shape index (κ3) is 3.22. The van der Waals surface area contributed by atoms with Crippen molar-refractivity contribution in [3.8, 4) is 0 Å². The van der Waals surface area contributed by atoms with Gasteiger partial charge in [0.05, 0.1) is 18.5 Å². The van der Waals surface area contributed by atoms with E-state index in [1.54, 1.807) is 12.4 Å². The quantitative estimate of drug-likeness (QED) is 0.857. The van der Waals surface area contributed by atoms with E-state index in [2.05, 4.69) is 9.97 Å². The van der Waals surface area contributed by atoms with Gasteiger partial charge in [-0.2, -0.15) is 13.2 Å². The molecule has 2 aromatic heterocycles. The van der Waals surface area contributed by atoms with Gasteiger partial charge in [0.1, 0.15) is 5.69 Å². The maximum absolute atomic E-state index is 12.6. The molecule has 5 nitrogen and oxygen atoms in total. The molecule has 3 heterocycles. The minimum absolute atomic E-state index is 0.0691. The van der Waals surface area contributed by atoms with Gasteiger partial charge in [0.25, 0.3) is 0 Å². The Morgan fingerprint density at radius 1 is 1.30 bits per heavy atom. The van der Waals surface area contributed by atoms with E-state index in [0.717, 1.165) is 32.0 Å². The Kier molecular flexibility index (Phi) is 4.25. The van der Waals surface area contributed by atoms with Crippen molar-refractivity contribution in [2.75, 3.05) is 24.6 Å². The number of halogens is 3. The molecule has 0 aromatic carbocycles. The number of nitrogens with one attached hydrogen (secondary N) is 1. The Hall–Kier alpha value is -2.35. The number of nitrogens with zero attached hydrogens (tertiary/aromatic N) is 2. The molecule has 1 atom stereocenters. The van der Waals surface area contributed by atoms with E-state index in [1.807, 2.05) is 4.90 Å². The van der Waals surface area contributed by atoms with Gasteiger partial charge in [-0.15, -0.1) is 0 Å². The average Bonchev–Trinajstić information content (AvgIpc) is 2.56. The second kappa shape index (κ2) is 6.37. The number of rotatable bonds is 4. The number of H-pyrrole nitrogens is 1. The predicted octanol–water partition coefficient (Wildman–Crippen LogP) is 2.78. The average molecular weight is 379 g/mol. The van der Waals surface area contributed by atoms with Crippen molar-refractivity contribution in [3.63, 3.8) is 0 Å². The minimum Gasteiger partial charge on any atom is -0.396 e. The van der Waals surface area contributed by atoms with Gasteiger partial charge in [0.2, 0.25) is 0 Å². The molecule has 0 radical (unpaired) electrons. The number of anilines is 1. The third-order valence-corrected chi connectivity index (χ3v) is 5.87. The van der Waals surface area contributed by atoms with Crippen LogP contribution in [-0.4, -0.2) is 34.8 Å². The first-order valence-corrected chi connectivity index (χ1v) is 8.87. The molecule has 2 aliphatic rings. The van der Waals surface area contributed by atoms with E-state index in [4.69, 9.17) is 0 Å². The van der Waals surface area contributed by atoms with Gasteiger partial charge in [-0.3, -0.25) is 4.79 Å². The highest BCUT2D eigenvalue weighted by atomic mass is 19.4. The molecule has 2 N–H and O–H groups in total.